The highest BCUT2D eigenvalue weighted by Gasteiger charge is 2.30. The van der Waals surface area contributed by atoms with Gasteiger partial charge in [0.25, 0.3) is 0 Å². The number of nitrogens with zero attached hydrogens (tertiary/aromatic N) is 1. The molecule has 0 radical (unpaired) electrons. The van der Waals surface area contributed by atoms with Gasteiger partial charge < -0.3 is 15.5 Å². The normalized spacial score (nSPS) is 11.8. The summed E-state index contributed by atoms with van der Waals surface area (Å²) in [7, 11) is 0. The molecule has 4 N–H and O–H groups in total. The van der Waals surface area contributed by atoms with Gasteiger partial charge in [0.1, 0.15) is 5.75 Å². The maximum atomic E-state index is 12.7. The molecule has 32 heavy (non-hydrogen) atoms. The number of anilines is 1. The summed E-state index contributed by atoms with van der Waals surface area (Å²) >= 11 is 6.32. The molecule has 2 aromatic carbocycles. The Labute approximate surface area is 190 Å². The van der Waals surface area contributed by atoms with E-state index in [2.05, 4.69) is 15.8 Å². The van der Waals surface area contributed by atoms with Crippen LogP contribution in [0.3, 0.4) is 0 Å². The second-order valence-electron chi connectivity index (χ2n) is 6.55. The van der Waals surface area contributed by atoms with E-state index in [1.807, 2.05) is 0 Å². The van der Waals surface area contributed by atoms with Crippen LogP contribution in [-0.4, -0.2) is 27.0 Å². The number of hydrogen-bond donors (Lipinski definition) is 4. The molecular weight excluding hydrogens is 463 g/mol. The van der Waals surface area contributed by atoms with Gasteiger partial charge in [0.15, 0.2) is 5.11 Å². The lowest BCUT2D eigenvalue weighted by atomic mass is 10.1. The number of halogens is 3. The lowest BCUT2D eigenvalue weighted by Crippen LogP contribution is -2.24. The highest BCUT2D eigenvalue weighted by molar-refractivity contribution is 7.80. The van der Waals surface area contributed by atoms with Crippen molar-refractivity contribution in [2.45, 2.75) is 13.1 Å². The van der Waals surface area contributed by atoms with Crippen LogP contribution in [0.5, 0.6) is 5.75 Å². The SMILES string of the molecule is CC(=NNC(=S)Nc1ccc(C(=O)O)cc1)c1csc(-c2ccc(C(F)(F)F)cc2)c1O. The molecule has 0 aliphatic carbocycles. The number of rotatable bonds is 5. The first-order valence-corrected chi connectivity index (χ1v) is 10.3. The smallest absolute Gasteiger partial charge is 0.416 e. The Balaban J connectivity index is 1.68. The minimum atomic E-state index is -4.43. The van der Waals surface area contributed by atoms with Crippen LogP contribution >= 0.6 is 23.6 Å². The molecule has 3 aromatic rings. The molecule has 3 rings (SSSR count). The Kier molecular flexibility index (Phi) is 6.80. The van der Waals surface area contributed by atoms with Gasteiger partial charge in [0.2, 0.25) is 0 Å². The first kappa shape index (κ1) is 23.2. The molecular formula is C21H16F3N3O3S2. The van der Waals surface area contributed by atoms with Crippen LogP contribution < -0.4 is 10.7 Å². The van der Waals surface area contributed by atoms with Gasteiger partial charge in [-0.3, -0.25) is 5.43 Å². The average Bonchev–Trinajstić information content (AvgIpc) is 3.13. The number of aromatic carboxylic acids is 1. The number of benzene rings is 2. The second kappa shape index (κ2) is 9.37. The Morgan fingerprint density at radius 1 is 1.09 bits per heavy atom. The van der Waals surface area contributed by atoms with Crippen LogP contribution in [-0.2, 0) is 6.18 Å². The zero-order valence-electron chi connectivity index (χ0n) is 16.4. The number of nitrogens with one attached hydrogen (secondary N) is 2. The molecule has 11 heteroatoms. The highest BCUT2D eigenvalue weighted by atomic mass is 32.1. The fraction of sp³-hybridized carbons (Fsp3) is 0.0952. The summed E-state index contributed by atoms with van der Waals surface area (Å²) in [5.41, 5.74) is 3.83. The monoisotopic (exact) mass is 479 g/mol. The standard InChI is InChI=1S/C21H16F3N3O3S2/c1-11(26-27-20(31)25-15-8-4-13(5-9-15)19(29)30)16-10-32-18(17(16)28)12-2-6-14(7-3-12)21(22,23)24/h2-10,28H,1H3,(H,29,30)(H2,25,27,31). The van der Waals surface area contributed by atoms with Gasteiger partial charge in [0, 0.05) is 11.1 Å². The summed E-state index contributed by atoms with van der Waals surface area (Å²) in [4.78, 5) is 11.3. The minimum Gasteiger partial charge on any atom is -0.506 e. The van der Waals surface area contributed by atoms with Crippen molar-refractivity contribution in [1.29, 1.82) is 0 Å². The van der Waals surface area contributed by atoms with Crippen molar-refractivity contribution in [3.05, 3.63) is 70.6 Å². The van der Waals surface area contributed by atoms with Crippen LogP contribution in [0.2, 0.25) is 0 Å². The molecule has 6 nitrogen and oxygen atoms in total. The third kappa shape index (κ3) is 5.42. The van der Waals surface area contributed by atoms with Gasteiger partial charge in [-0.25, -0.2) is 4.79 Å². The number of alkyl halides is 3. The molecule has 0 amide bonds. The topological polar surface area (TPSA) is 94.0 Å². The van der Waals surface area contributed by atoms with E-state index >= 15 is 0 Å². The highest BCUT2D eigenvalue weighted by Crippen LogP contribution is 2.39. The number of hydrogen-bond acceptors (Lipinski definition) is 5. The number of carboxylic acid groups (broad SMARTS) is 1. The Hall–Kier alpha value is -3.44. The number of thiocarbonyl (C=S) groups is 1. The number of hydrazone groups is 1. The predicted molar refractivity (Wildman–Crippen MR) is 121 cm³/mol. The quantitative estimate of drug-likeness (QED) is 0.218. The molecule has 0 unspecified atom stereocenters. The molecule has 0 fully saturated rings. The number of carbonyl (C=O) groups is 1. The molecule has 1 heterocycles. The second-order valence-corrected chi connectivity index (χ2v) is 7.84. The van der Waals surface area contributed by atoms with Gasteiger partial charge in [0.05, 0.1) is 27.3 Å². The van der Waals surface area contributed by atoms with Crippen LogP contribution in [0.25, 0.3) is 10.4 Å². The van der Waals surface area contributed by atoms with Crippen molar-refractivity contribution in [3.8, 4) is 16.2 Å². The maximum Gasteiger partial charge on any atom is 0.416 e. The maximum absolute atomic E-state index is 12.7. The van der Waals surface area contributed by atoms with Crippen LogP contribution in [0.4, 0.5) is 18.9 Å². The summed E-state index contributed by atoms with van der Waals surface area (Å²) in [6.45, 7) is 1.63. The third-order valence-electron chi connectivity index (χ3n) is 4.34. The molecule has 1 aromatic heterocycles. The summed E-state index contributed by atoms with van der Waals surface area (Å²) in [6, 6.07) is 10.5. The van der Waals surface area contributed by atoms with Gasteiger partial charge in [-0.2, -0.15) is 18.3 Å². The van der Waals surface area contributed by atoms with Crippen LogP contribution in [0.1, 0.15) is 28.4 Å². The van der Waals surface area contributed by atoms with Gasteiger partial charge in [-0.05, 0) is 61.1 Å². The van der Waals surface area contributed by atoms with Crippen LogP contribution in [0, 0.1) is 0 Å². The van der Waals surface area contributed by atoms with Crippen molar-refractivity contribution in [2.24, 2.45) is 5.10 Å². The summed E-state index contributed by atoms with van der Waals surface area (Å²) in [6.07, 6.45) is -4.43. The zero-order chi connectivity index (χ0) is 23.5. The van der Waals surface area contributed by atoms with Gasteiger partial charge >= 0.3 is 12.1 Å². The minimum absolute atomic E-state index is 0.0963. The Morgan fingerprint density at radius 2 is 1.72 bits per heavy atom. The summed E-state index contributed by atoms with van der Waals surface area (Å²) in [5.74, 6) is -1.13. The van der Waals surface area contributed by atoms with E-state index < -0.39 is 17.7 Å². The van der Waals surface area contributed by atoms with E-state index in [-0.39, 0.29) is 16.4 Å². The van der Waals surface area contributed by atoms with Crippen molar-refractivity contribution in [3.63, 3.8) is 0 Å². The van der Waals surface area contributed by atoms with Gasteiger partial charge in [-0.15, -0.1) is 11.3 Å². The first-order chi connectivity index (χ1) is 15.1. The van der Waals surface area contributed by atoms with Gasteiger partial charge in [-0.1, -0.05) is 12.1 Å². The molecule has 0 atom stereocenters. The van der Waals surface area contributed by atoms with Crippen molar-refractivity contribution in [2.75, 3.05) is 5.32 Å². The molecule has 0 saturated carbocycles. The average molecular weight is 480 g/mol. The van der Waals surface area contributed by atoms with Crippen molar-refractivity contribution >= 4 is 46.0 Å². The van der Waals surface area contributed by atoms with Crippen molar-refractivity contribution < 1.29 is 28.2 Å². The molecule has 0 spiro atoms. The summed E-state index contributed by atoms with van der Waals surface area (Å²) in [5, 5.41) is 28.2. The molecule has 166 valence electrons. The molecule has 0 saturated heterocycles. The van der Waals surface area contributed by atoms with E-state index in [1.165, 1.54) is 35.6 Å². The van der Waals surface area contributed by atoms with E-state index in [9.17, 15) is 23.1 Å². The van der Waals surface area contributed by atoms with E-state index in [4.69, 9.17) is 17.3 Å². The number of thiophene rings is 1. The first-order valence-electron chi connectivity index (χ1n) is 8.99. The van der Waals surface area contributed by atoms with Crippen molar-refractivity contribution in [1.82, 2.24) is 5.43 Å². The fourth-order valence-corrected chi connectivity index (χ4v) is 3.85. The largest absolute Gasteiger partial charge is 0.506 e. The summed E-state index contributed by atoms with van der Waals surface area (Å²) < 4.78 is 38.2. The predicted octanol–water partition coefficient (Wildman–Crippen LogP) is 5.55. The Bertz CT molecular complexity index is 1170. The van der Waals surface area contributed by atoms with Crippen LogP contribution in [0.15, 0.2) is 59.0 Å². The lowest BCUT2D eigenvalue weighted by molar-refractivity contribution is -0.137. The number of carboxylic acids is 1. The zero-order valence-corrected chi connectivity index (χ0v) is 18.0. The Morgan fingerprint density at radius 3 is 2.28 bits per heavy atom. The van der Waals surface area contributed by atoms with E-state index in [0.717, 1.165) is 12.1 Å². The lowest BCUT2D eigenvalue weighted by Gasteiger charge is -2.08. The number of aromatic hydroxyl groups is 1. The fourth-order valence-electron chi connectivity index (χ4n) is 2.67. The molecule has 0 aliphatic heterocycles. The molecule has 0 bridgehead atoms. The molecule has 0 aliphatic rings. The van der Waals surface area contributed by atoms with E-state index in [0.29, 0.717) is 27.4 Å². The van der Waals surface area contributed by atoms with E-state index in [1.54, 1.807) is 24.4 Å². The third-order valence-corrected chi connectivity index (χ3v) is 5.56.